The molecule has 2 N–H and O–H groups in total. The Morgan fingerprint density at radius 1 is 1.26 bits per heavy atom. The van der Waals surface area contributed by atoms with Crippen LogP contribution in [0.15, 0.2) is 53.4 Å². The van der Waals surface area contributed by atoms with Gasteiger partial charge in [0.15, 0.2) is 0 Å². The molecule has 0 saturated carbocycles. The fourth-order valence-electron chi connectivity index (χ4n) is 3.76. The molecule has 1 fully saturated rings. The molecule has 1 aliphatic rings. The smallest absolute Gasteiger partial charge is 0.325 e. The highest BCUT2D eigenvalue weighted by atomic mass is 79.9. The number of piperazine rings is 1. The van der Waals surface area contributed by atoms with Crippen LogP contribution in [0.5, 0.6) is 0 Å². The minimum atomic E-state index is -0.809. The molecule has 0 bridgehead atoms. The predicted molar refractivity (Wildman–Crippen MR) is 107 cm³/mol. The van der Waals surface area contributed by atoms with E-state index in [2.05, 4.69) is 41.8 Å². The lowest BCUT2D eigenvalue weighted by Crippen LogP contribution is -2.48. The molecule has 3 aromatic rings. The molecule has 0 spiro atoms. The normalized spacial score (nSPS) is 17.2. The van der Waals surface area contributed by atoms with E-state index in [9.17, 15) is 9.90 Å². The fourth-order valence-corrected chi connectivity index (χ4v) is 4.12. The average Bonchev–Trinajstić information content (AvgIpc) is 3.07. The molecule has 7 heteroatoms. The highest BCUT2D eigenvalue weighted by molar-refractivity contribution is 9.10. The maximum atomic E-state index is 12.1. The van der Waals surface area contributed by atoms with Gasteiger partial charge in [0.1, 0.15) is 6.04 Å². The summed E-state index contributed by atoms with van der Waals surface area (Å²) in [7, 11) is 0. The number of benzene rings is 1. The van der Waals surface area contributed by atoms with Crippen LogP contribution in [-0.2, 0) is 11.3 Å². The van der Waals surface area contributed by atoms with Crippen molar-refractivity contribution in [1.82, 2.24) is 19.8 Å². The second kappa shape index (κ2) is 7.80. The van der Waals surface area contributed by atoms with Crippen molar-refractivity contribution < 1.29 is 9.90 Å². The minimum absolute atomic E-state index is 0.645. The van der Waals surface area contributed by atoms with Gasteiger partial charge in [-0.2, -0.15) is 0 Å². The molecule has 1 saturated heterocycles. The van der Waals surface area contributed by atoms with Gasteiger partial charge in [-0.15, -0.1) is 0 Å². The van der Waals surface area contributed by atoms with Gasteiger partial charge in [-0.05, 0) is 29.8 Å². The van der Waals surface area contributed by atoms with Gasteiger partial charge in [0, 0.05) is 72.3 Å². The molecule has 1 atom stereocenters. The van der Waals surface area contributed by atoms with E-state index in [1.165, 1.54) is 5.56 Å². The number of carboxylic acid groups (broad SMARTS) is 1. The van der Waals surface area contributed by atoms with E-state index in [0.29, 0.717) is 0 Å². The maximum Gasteiger partial charge on any atom is 0.325 e. The molecular weight excluding hydrogens is 408 g/mol. The molecule has 6 nitrogen and oxygen atoms in total. The summed E-state index contributed by atoms with van der Waals surface area (Å²) < 4.78 is 0.946. The highest BCUT2D eigenvalue weighted by Crippen LogP contribution is 2.31. The first-order valence-corrected chi connectivity index (χ1v) is 9.76. The van der Waals surface area contributed by atoms with Crippen LogP contribution in [0.25, 0.3) is 10.9 Å². The van der Waals surface area contributed by atoms with E-state index in [1.54, 1.807) is 6.20 Å². The number of H-pyrrole nitrogens is 1. The van der Waals surface area contributed by atoms with Crippen LogP contribution >= 0.6 is 15.9 Å². The molecule has 0 unspecified atom stereocenters. The van der Waals surface area contributed by atoms with Crippen molar-refractivity contribution in [2.45, 2.75) is 12.6 Å². The van der Waals surface area contributed by atoms with Crippen LogP contribution < -0.4 is 0 Å². The standard InChI is InChI=1S/C20H21BrN4O2/c21-15-3-4-18-16(10-15)17(12-23-18)19(20(26)27)25-8-6-24(7-9-25)13-14-2-1-5-22-11-14/h1-5,10-12,19,23H,6-9,13H2,(H,26,27)/t19-/m0/s1. The number of carboxylic acids is 1. The summed E-state index contributed by atoms with van der Waals surface area (Å²) in [5.41, 5.74) is 2.95. The third kappa shape index (κ3) is 3.90. The number of halogens is 1. The zero-order valence-electron chi connectivity index (χ0n) is 14.8. The van der Waals surface area contributed by atoms with Crippen molar-refractivity contribution in [3.05, 3.63) is 64.5 Å². The second-order valence-corrected chi connectivity index (χ2v) is 7.76. The summed E-state index contributed by atoms with van der Waals surface area (Å²) in [6, 6.07) is 9.28. The van der Waals surface area contributed by atoms with Gasteiger partial charge in [-0.25, -0.2) is 0 Å². The fraction of sp³-hybridized carbons (Fsp3) is 0.300. The van der Waals surface area contributed by atoms with Crippen molar-refractivity contribution in [2.75, 3.05) is 26.2 Å². The topological polar surface area (TPSA) is 72.5 Å². The first-order valence-electron chi connectivity index (χ1n) is 8.96. The molecule has 27 heavy (non-hydrogen) atoms. The zero-order valence-corrected chi connectivity index (χ0v) is 16.4. The van der Waals surface area contributed by atoms with Crippen LogP contribution in [0.1, 0.15) is 17.2 Å². The third-order valence-electron chi connectivity index (χ3n) is 5.11. The number of aliphatic carboxylic acids is 1. The summed E-state index contributed by atoms with van der Waals surface area (Å²) in [6.45, 7) is 3.96. The van der Waals surface area contributed by atoms with E-state index in [4.69, 9.17) is 0 Å². The lowest BCUT2D eigenvalue weighted by Gasteiger charge is -2.37. The Bertz CT molecular complexity index is 936. The minimum Gasteiger partial charge on any atom is -0.480 e. The summed E-state index contributed by atoms with van der Waals surface area (Å²) in [4.78, 5) is 23.9. The number of carbonyl (C=O) groups is 1. The van der Waals surface area contributed by atoms with E-state index in [1.807, 2.05) is 36.7 Å². The van der Waals surface area contributed by atoms with Crippen molar-refractivity contribution in [3.8, 4) is 0 Å². The highest BCUT2D eigenvalue weighted by Gasteiger charge is 2.32. The van der Waals surface area contributed by atoms with Crippen LogP contribution in [0.4, 0.5) is 0 Å². The monoisotopic (exact) mass is 428 g/mol. The number of aromatic nitrogens is 2. The van der Waals surface area contributed by atoms with E-state index >= 15 is 0 Å². The molecule has 3 heterocycles. The molecule has 2 aromatic heterocycles. The van der Waals surface area contributed by atoms with Crippen molar-refractivity contribution >= 4 is 32.8 Å². The number of rotatable bonds is 5. The number of fused-ring (bicyclic) bond motifs is 1. The molecule has 0 aliphatic carbocycles. The number of hydrogen-bond donors (Lipinski definition) is 2. The molecule has 0 amide bonds. The predicted octanol–water partition coefficient (Wildman–Crippen LogP) is 3.27. The van der Waals surface area contributed by atoms with Crippen LogP contribution in [0.2, 0.25) is 0 Å². The van der Waals surface area contributed by atoms with Gasteiger partial charge in [-0.1, -0.05) is 22.0 Å². The van der Waals surface area contributed by atoms with E-state index in [-0.39, 0.29) is 0 Å². The molecule has 0 radical (unpaired) electrons. The molecule has 4 rings (SSSR count). The number of aromatic amines is 1. The Hall–Kier alpha value is -2.22. The van der Waals surface area contributed by atoms with Crippen LogP contribution in [-0.4, -0.2) is 57.0 Å². The first kappa shape index (κ1) is 18.2. The number of pyridine rings is 1. The van der Waals surface area contributed by atoms with Gasteiger partial charge >= 0.3 is 5.97 Å². The lowest BCUT2D eigenvalue weighted by molar-refractivity contribution is -0.144. The number of nitrogens with one attached hydrogen (secondary N) is 1. The van der Waals surface area contributed by atoms with Gasteiger partial charge < -0.3 is 10.1 Å². The molecule has 140 valence electrons. The van der Waals surface area contributed by atoms with Crippen LogP contribution in [0.3, 0.4) is 0 Å². The summed E-state index contributed by atoms with van der Waals surface area (Å²) in [5, 5.41) is 10.9. The zero-order chi connectivity index (χ0) is 18.8. The Morgan fingerprint density at radius 2 is 2.07 bits per heavy atom. The Morgan fingerprint density at radius 3 is 2.78 bits per heavy atom. The van der Waals surface area contributed by atoms with Crippen LogP contribution in [0, 0.1) is 0 Å². The SMILES string of the molecule is O=C(O)[C@H](c1c[nH]c2ccc(Br)cc12)N1CCN(Cc2cccnc2)CC1. The Labute approximate surface area is 165 Å². The molecule has 1 aromatic carbocycles. The lowest BCUT2D eigenvalue weighted by atomic mass is 10.0. The maximum absolute atomic E-state index is 12.1. The molecule has 1 aliphatic heterocycles. The Kier molecular flexibility index (Phi) is 5.24. The summed E-state index contributed by atoms with van der Waals surface area (Å²) in [6.07, 6.45) is 5.49. The summed E-state index contributed by atoms with van der Waals surface area (Å²) >= 11 is 3.49. The van der Waals surface area contributed by atoms with Crippen molar-refractivity contribution in [3.63, 3.8) is 0 Å². The van der Waals surface area contributed by atoms with E-state index in [0.717, 1.165) is 53.7 Å². The first-order chi connectivity index (χ1) is 13.1. The van der Waals surface area contributed by atoms with Gasteiger partial charge in [0.2, 0.25) is 0 Å². The number of hydrogen-bond acceptors (Lipinski definition) is 4. The van der Waals surface area contributed by atoms with Gasteiger partial charge in [0.25, 0.3) is 0 Å². The third-order valence-corrected chi connectivity index (χ3v) is 5.60. The van der Waals surface area contributed by atoms with Crippen molar-refractivity contribution in [1.29, 1.82) is 0 Å². The summed E-state index contributed by atoms with van der Waals surface area (Å²) in [5.74, 6) is -0.809. The van der Waals surface area contributed by atoms with E-state index < -0.39 is 12.0 Å². The quantitative estimate of drug-likeness (QED) is 0.652. The number of nitrogens with zero attached hydrogens (tertiary/aromatic N) is 3. The largest absolute Gasteiger partial charge is 0.480 e. The average molecular weight is 429 g/mol. The molecular formula is C20H21BrN4O2. The van der Waals surface area contributed by atoms with Crippen molar-refractivity contribution in [2.24, 2.45) is 0 Å². The van der Waals surface area contributed by atoms with Gasteiger partial charge in [-0.3, -0.25) is 19.6 Å². The second-order valence-electron chi connectivity index (χ2n) is 6.85. The Balaban J connectivity index is 1.50. The van der Waals surface area contributed by atoms with Gasteiger partial charge in [0.05, 0.1) is 0 Å².